The van der Waals surface area contributed by atoms with E-state index >= 15 is 0 Å². The lowest BCUT2D eigenvalue weighted by Crippen LogP contribution is -2.39. The Labute approximate surface area is 127 Å². The standard InChI is InChI=1S/C14H21N5O3/c1-17-13(20)11-12(19(14(17)21)6-7-22-2)16-9-18(11)8-10-4-3-5-15-10/h9-10,15H,3-8H2,1-2H3. The van der Waals surface area contributed by atoms with E-state index in [9.17, 15) is 9.59 Å². The smallest absolute Gasteiger partial charge is 0.332 e. The molecule has 1 aliphatic heterocycles. The molecular weight excluding hydrogens is 286 g/mol. The first-order chi connectivity index (χ1) is 10.6. The van der Waals surface area contributed by atoms with Crippen molar-refractivity contribution >= 4 is 11.2 Å². The van der Waals surface area contributed by atoms with Crippen LogP contribution in [0.2, 0.25) is 0 Å². The topological polar surface area (TPSA) is 83.1 Å². The third kappa shape index (κ3) is 2.48. The highest BCUT2D eigenvalue weighted by Gasteiger charge is 2.20. The zero-order valence-corrected chi connectivity index (χ0v) is 12.9. The van der Waals surface area contributed by atoms with Crippen LogP contribution in [0.25, 0.3) is 11.2 Å². The largest absolute Gasteiger partial charge is 0.383 e. The van der Waals surface area contributed by atoms with Crippen molar-refractivity contribution < 1.29 is 4.74 Å². The predicted octanol–water partition coefficient (Wildman–Crippen LogP) is -0.705. The number of nitrogens with zero attached hydrogens (tertiary/aromatic N) is 4. The lowest BCUT2D eigenvalue weighted by Gasteiger charge is -2.13. The molecule has 3 rings (SSSR count). The number of aromatic nitrogens is 4. The number of imidazole rings is 1. The van der Waals surface area contributed by atoms with Gasteiger partial charge in [0.25, 0.3) is 5.56 Å². The maximum absolute atomic E-state index is 12.5. The normalized spacial score (nSPS) is 18.4. The first-order valence-corrected chi connectivity index (χ1v) is 7.50. The summed E-state index contributed by atoms with van der Waals surface area (Å²) in [5.41, 5.74) is 0.248. The van der Waals surface area contributed by atoms with E-state index in [1.807, 2.05) is 4.57 Å². The molecule has 1 saturated heterocycles. The molecule has 0 aliphatic carbocycles. The van der Waals surface area contributed by atoms with Crippen LogP contribution in [0.5, 0.6) is 0 Å². The number of hydrogen-bond acceptors (Lipinski definition) is 5. The van der Waals surface area contributed by atoms with Gasteiger partial charge in [0.15, 0.2) is 11.2 Å². The summed E-state index contributed by atoms with van der Waals surface area (Å²) >= 11 is 0. The van der Waals surface area contributed by atoms with Crippen molar-refractivity contribution in [3.63, 3.8) is 0 Å². The summed E-state index contributed by atoms with van der Waals surface area (Å²) in [6.07, 6.45) is 3.88. The average Bonchev–Trinajstić information content (AvgIpc) is 3.16. The Morgan fingerprint density at radius 1 is 1.45 bits per heavy atom. The molecule has 120 valence electrons. The second kappa shape index (κ2) is 6.05. The lowest BCUT2D eigenvalue weighted by atomic mass is 10.2. The Kier molecular flexibility index (Phi) is 4.12. The maximum Gasteiger partial charge on any atom is 0.332 e. The molecule has 2 aromatic rings. The van der Waals surface area contributed by atoms with Gasteiger partial charge >= 0.3 is 5.69 Å². The third-order valence-electron chi connectivity index (χ3n) is 4.20. The summed E-state index contributed by atoms with van der Waals surface area (Å²) in [6, 6.07) is 0.349. The monoisotopic (exact) mass is 307 g/mol. The van der Waals surface area contributed by atoms with E-state index in [2.05, 4.69) is 10.3 Å². The fourth-order valence-electron chi connectivity index (χ4n) is 2.98. The van der Waals surface area contributed by atoms with E-state index in [0.717, 1.165) is 24.0 Å². The zero-order chi connectivity index (χ0) is 15.7. The van der Waals surface area contributed by atoms with Crippen LogP contribution < -0.4 is 16.6 Å². The van der Waals surface area contributed by atoms with Gasteiger partial charge < -0.3 is 14.6 Å². The van der Waals surface area contributed by atoms with Gasteiger partial charge in [0.1, 0.15) is 0 Å². The van der Waals surface area contributed by atoms with Crippen LogP contribution in [0.4, 0.5) is 0 Å². The molecule has 0 amide bonds. The second-order valence-electron chi connectivity index (χ2n) is 5.65. The highest BCUT2D eigenvalue weighted by Crippen LogP contribution is 2.12. The van der Waals surface area contributed by atoms with Crippen LogP contribution in [0, 0.1) is 0 Å². The van der Waals surface area contributed by atoms with Gasteiger partial charge in [-0.3, -0.25) is 13.9 Å². The SMILES string of the molecule is COCCn1c(=O)n(C)c(=O)c2c1ncn2CC1CCCN1. The number of fused-ring (bicyclic) bond motifs is 1. The summed E-state index contributed by atoms with van der Waals surface area (Å²) in [5, 5.41) is 3.41. The van der Waals surface area contributed by atoms with Gasteiger partial charge in [-0.15, -0.1) is 0 Å². The van der Waals surface area contributed by atoms with Crippen LogP contribution in [-0.4, -0.2) is 45.0 Å². The van der Waals surface area contributed by atoms with Crippen molar-refractivity contribution in [1.82, 2.24) is 24.0 Å². The summed E-state index contributed by atoms with van der Waals surface area (Å²) in [7, 11) is 3.08. The first-order valence-electron chi connectivity index (χ1n) is 7.50. The van der Waals surface area contributed by atoms with Gasteiger partial charge in [0.05, 0.1) is 19.5 Å². The minimum absolute atomic E-state index is 0.302. The van der Waals surface area contributed by atoms with Crippen molar-refractivity contribution in [2.75, 3.05) is 20.3 Å². The van der Waals surface area contributed by atoms with Crippen molar-refractivity contribution in [2.45, 2.75) is 32.0 Å². The van der Waals surface area contributed by atoms with E-state index in [-0.39, 0.29) is 11.2 Å². The molecule has 0 spiro atoms. The minimum Gasteiger partial charge on any atom is -0.383 e. The Hall–Kier alpha value is -1.93. The molecule has 8 nitrogen and oxygen atoms in total. The van der Waals surface area contributed by atoms with Crippen molar-refractivity contribution in [1.29, 1.82) is 0 Å². The summed E-state index contributed by atoms with van der Waals surface area (Å²) < 4.78 is 9.53. The highest BCUT2D eigenvalue weighted by molar-refractivity contribution is 5.70. The molecule has 2 aromatic heterocycles. The fraction of sp³-hybridized carbons (Fsp3) is 0.643. The van der Waals surface area contributed by atoms with Gasteiger partial charge in [-0.2, -0.15) is 0 Å². The molecule has 1 aliphatic rings. The Morgan fingerprint density at radius 2 is 2.27 bits per heavy atom. The summed E-state index contributed by atoms with van der Waals surface area (Å²) in [5.74, 6) is 0. The Bertz CT molecular complexity index is 782. The van der Waals surface area contributed by atoms with Gasteiger partial charge in [0.2, 0.25) is 0 Å². The quantitative estimate of drug-likeness (QED) is 0.789. The van der Waals surface area contributed by atoms with Gasteiger partial charge in [-0.05, 0) is 19.4 Å². The molecular formula is C14H21N5O3. The van der Waals surface area contributed by atoms with Gasteiger partial charge in [-0.1, -0.05) is 0 Å². The van der Waals surface area contributed by atoms with E-state index < -0.39 is 0 Å². The van der Waals surface area contributed by atoms with Crippen LogP contribution in [0.15, 0.2) is 15.9 Å². The molecule has 1 unspecified atom stereocenters. The van der Waals surface area contributed by atoms with Crippen LogP contribution in [-0.2, 0) is 24.9 Å². The molecule has 1 N–H and O–H groups in total. The van der Waals surface area contributed by atoms with E-state index in [0.29, 0.717) is 36.9 Å². The first kappa shape index (κ1) is 15.0. The number of rotatable bonds is 5. The van der Waals surface area contributed by atoms with Crippen LogP contribution in [0.3, 0.4) is 0 Å². The Morgan fingerprint density at radius 3 is 2.95 bits per heavy atom. The summed E-state index contributed by atoms with van der Waals surface area (Å²) in [6.45, 7) is 2.46. The number of methoxy groups -OCH3 is 1. The number of nitrogens with one attached hydrogen (secondary N) is 1. The molecule has 1 atom stereocenters. The maximum atomic E-state index is 12.5. The molecule has 3 heterocycles. The average molecular weight is 307 g/mol. The molecule has 0 aromatic carbocycles. The number of ether oxygens (including phenoxy) is 1. The molecule has 0 saturated carbocycles. The molecule has 22 heavy (non-hydrogen) atoms. The van der Waals surface area contributed by atoms with Crippen molar-refractivity contribution in [3.05, 3.63) is 27.2 Å². The number of hydrogen-bond donors (Lipinski definition) is 1. The molecule has 8 heteroatoms. The predicted molar refractivity (Wildman–Crippen MR) is 82.1 cm³/mol. The third-order valence-corrected chi connectivity index (χ3v) is 4.20. The van der Waals surface area contributed by atoms with Crippen LogP contribution >= 0.6 is 0 Å². The van der Waals surface area contributed by atoms with E-state index in [1.165, 1.54) is 11.6 Å². The minimum atomic E-state index is -0.362. The summed E-state index contributed by atoms with van der Waals surface area (Å²) in [4.78, 5) is 29.0. The zero-order valence-electron chi connectivity index (χ0n) is 12.9. The van der Waals surface area contributed by atoms with E-state index in [4.69, 9.17) is 4.74 Å². The molecule has 0 bridgehead atoms. The van der Waals surface area contributed by atoms with Gasteiger partial charge in [0, 0.05) is 26.7 Å². The lowest BCUT2D eigenvalue weighted by molar-refractivity contribution is 0.186. The van der Waals surface area contributed by atoms with Gasteiger partial charge in [-0.25, -0.2) is 9.78 Å². The van der Waals surface area contributed by atoms with Crippen LogP contribution in [0.1, 0.15) is 12.8 Å². The fourth-order valence-corrected chi connectivity index (χ4v) is 2.98. The second-order valence-corrected chi connectivity index (χ2v) is 5.65. The molecule has 0 radical (unpaired) electrons. The van der Waals surface area contributed by atoms with Crippen molar-refractivity contribution in [2.24, 2.45) is 7.05 Å². The van der Waals surface area contributed by atoms with Crippen molar-refractivity contribution in [3.8, 4) is 0 Å². The molecule has 1 fully saturated rings. The highest BCUT2D eigenvalue weighted by atomic mass is 16.5. The Balaban J connectivity index is 2.10. The van der Waals surface area contributed by atoms with E-state index in [1.54, 1.807) is 13.4 Å².